The van der Waals surface area contributed by atoms with Gasteiger partial charge in [0.05, 0.1) is 5.60 Å². The van der Waals surface area contributed by atoms with Crippen LogP contribution in [0.3, 0.4) is 0 Å². The Kier molecular flexibility index (Phi) is 13.7. The molecule has 0 aromatic rings. The molecule has 0 aromatic heterocycles. The zero-order valence-electron chi connectivity index (χ0n) is 17.1. The Morgan fingerprint density at radius 1 is 0.880 bits per heavy atom. The minimum absolute atomic E-state index is 0.0727. The lowest BCUT2D eigenvalue weighted by Crippen LogP contribution is -2.23. The normalized spacial score (nSPS) is 20.5. The molecule has 0 bridgehead atoms. The summed E-state index contributed by atoms with van der Waals surface area (Å²) in [5, 5.41) is 10.4. The Bertz CT molecular complexity index is 285. The van der Waals surface area contributed by atoms with Crippen LogP contribution < -0.4 is 0 Å². The highest BCUT2D eigenvalue weighted by Crippen LogP contribution is 2.22. The van der Waals surface area contributed by atoms with E-state index in [2.05, 4.69) is 6.92 Å². The molecule has 0 aliphatic carbocycles. The summed E-state index contributed by atoms with van der Waals surface area (Å²) in [6.45, 7) is 5.98. The van der Waals surface area contributed by atoms with Crippen LogP contribution in [0.15, 0.2) is 0 Å². The van der Waals surface area contributed by atoms with E-state index in [1.165, 1.54) is 77.0 Å². The van der Waals surface area contributed by atoms with Crippen LogP contribution in [0.5, 0.6) is 0 Å². The predicted octanol–water partition coefficient (Wildman–Crippen LogP) is 6.37. The average Bonchev–Trinajstić information content (AvgIpc) is 2.61. The van der Waals surface area contributed by atoms with E-state index in [4.69, 9.17) is 9.47 Å². The zero-order valence-corrected chi connectivity index (χ0v) is 17.1. The van der Waals surface area contributed by atoms with Crippen LogP contribution in [0.25, 0.3) is 0 Å². The molecule has 3 nitrogen and oxygen atoms in total. The van der Waals surface area contributed by atoms with E-state index in [-0.39, 0.29) is 6.29 Å². The van der Waals surface area contributed by atoms with Gasteiger partial charge in [-0.15, -0.1) is 0 Å². The summed E-state index contributed by atoms with van der Waals surface area (Å²) in [6.07, 6.45) is 19.3. The van der Waals surface area contributed by atoms with Crippen LogP contribution >= 0.6 is 0 Å². The molecule has 0 aromatic carbocycles. The molecule has 25 heavy (non-hydrogen) atoms. The predicted molar refractivity (Wildman–Crippen MR) is 106 cm³/mol. The van der Waals surface area contributed by atoms with Crippen LogP contribution in [0.1, 0.15) is 117 Å². The molecule has 1 saturated heterocycles. The van der Waals surface area contributed by atoms with Gasteiger partial charge < -0.3 is 14.6 Å². The van der Waals surface area contributed by atoms with Gasteiger partial charge in [0, 0.05) is 13.2 Å². The Balaban J connectivity index is 1.81. The maximum absolute atomic E-state index is 10.4. The molecule has 1 aliphatic heterocycles. The highest BCUT2D eigenvalue weighted by atomic mass is 16.7. The second kappa shape index (κ2) is 15.0. The molecule has 1 rings (SSSR count). The van der Waals surface area contributed by atoms with Crippen molar-refractivity contribution in [3.63, 3.8) is 0 Å². The van der Waals surface area contributed by atoms with Crippen LogP contribution in [-0.4, -0.2) is 30.2 Å². The first-order valence-corrected chi connectivity index (χ1v) is 11.1. The second-order valence-electron chi connectivity index (χ2n) is 8.20. The van der Waals surface area contributed by atoms with Gasteiger partial charge in [-0.05, 0) is 45.4 Å². The van der Waals surface area contributed by atoms with Crippen LogP contribution in [0.2, 0.25) is 0 Å². The molecule has 150 valence electrons. The quantitative estimate of drug-likeness (QED) is 0.326. The minimum atomic E-state index is -0.438. The van der Waals surface area contributed by atoms with Crippen LogP contribution in [0, 0.1) is 0 Å². The molecule has 1 heterocycles. The molecule has 0 saturated carbocycles. The van der Waals surface area contributed by atoms with Crippen molar-refractivity contribution in [3.8, 4) is 0 Å². The summed E-state index contributed by atoms with van der Waals surface area (Å²) < 4.78 is 11.3. The topological polar surface area (TPSA) is 38.7 Å². The maximum Gasteiger partial charge on any atom is 0.157 e. The van der Waals surface area contributed by atoms with E-state index in [1.807, 2.05) is 6.92 Å². The Morgan fingerprint density at radius 3 is 2.08 bits per heavy atom. The van der Waals surface area contributed by atoms with E-state index in [0.29, 0.717) is 0 Å². The highest BCUT2D eigenvalue weighted by molar-refractivity contribution is 4.72. The van der Waals surface area contributed by atoms with E-state index in [9.17, 15) is 5.11 Å². The Morgan fingerprint density at radius 2 is 1.48 bits per heavy atom. The lowest BCUT2D eigenvalue weighted by Gasteiger charge is -2.23. The van der Waals surface area contributed by atoms with Crippen molar-refractivity contribution in [2.24, 2.45) is 0 Å². The summed E-state index contributed by atoms with van der Waals surface area (Å²) in [5.41, 5.74) is -0.438. The third kappa shape index (κ3) is 13.7. The lowest BCUT2D eigenvalue weighted by molar-refractivity contribution is -0.162. The fourth-order valence-electron chi connectivity index (χ4n) is 3.61. The first kappa shape index (κ1) is 22.9. The monoisotopic (exact) mass is 356 g/mol. The fourth-order valence-corrected chi connectivity index (χ4v) is 3.61. The number of unbranched alkanes of at least 4 members (excludes halogenated alkanes) is 9. The highest BCUT2D eigenvalue weighted by Gasteiger charge is 2.18. The van der Waals surface area contributed by atoms with E-state index in [1.54, 1.807) is 0 Å². The number of hydrogen-bond donors (Lipinski definition) is 1. The summed E-state index contributed by atoms with van der Waals surface area (Å²) >= 11 is 0. The minimum Gasteiger partial charge on any atom is -0.390 e. The summed E-state index contributed by atoms with van der Waals surface area (Å²) in [7, 11) is 0. The smallest absolute Gasteiger partial charge is 0.157 e. The van der Waals surface area contributed by atoms with Gasteiger partial charge in [-0.2, -0.15) is 0 Å². The SMILES string of the molecule is CCCCCCC(C)(O)CCCCCCCCCOC1CCCCO1. The van der Waals surface area contributed by atoms with Gasteiger partial charge in [0.2, 0.25) is 0 Å². The first-order valence-electron chi connectivity index (χ1n) is 11.1. The Hall–Kier alpha value is -0.120. The average molecular weight is 357 g/mol. The summed E-state index contributed by atoms with van der Waals surface area (Å²) in [6, 6.07) is 0. The van der Waals surface area contributed by atoms with E-state index >= 15 is 0 Å². The van der Waals surface area contributed by atoms with Crippen molar-refractivity contribution in [1.82, 2.24) is 0 Å². The first-order chi connectivity index (χ1) is 12.1. The second-order valence-corrected chi connectivity index (χ2v) is 8.20. The van der Waals surface area contributed by atoms with Crippen molar-refractivity contribution < 1.29 is 14.6 Å². The molecule has 0 amide bonds. The van der Waals surface area contributed by atoms with Gasteiger partial charge in [0.15, 0.2) is 6.29 Å². The van der Waals surface area contributed by atoms with Crippen LogP contribution in [-0.2, 0) is 9.47 Å². The summed E-state index contributed by atoms with van der Waals surface area (Å²) in [4.78, 5) is 0. The molecular formula is C22H44O3. The Labute approximate surface area is 156 Å². The molecule has 1 N–H and O–H groups in total. The van der Waals surface area contributed by atoms with Crippen molar-refractivity contribution in [2.45, 2.75) is 128 Å². The van der Waals surface area contributed by atoms with Crippen LogP contribution in [0.4, 0.5) is 0 Å². The zero-order chi connectivity index (χ0) is 18.2. The lowest BCUT2D eigenvalue weighted by atomic mass is 9.91. The van der Waals surface area contributed by atoms with Crippen molar-refractivity contribution >= 4 is 0 Å². The van der Waals surface area contributed by atoms with Gasteiger partial charge >= 0.3 is 0 Å². The standard InChI is InChI=1S/C22H44O3/c1-3-4-5-12-17-22(2,23)18-13-9-7-6-8-10-14-19-24-21-16-11-15-20-25-21/h21,23H,3-20H2,1-2H3. The molecule has 0 spiro atoms. The fraction of sp³-hybridized carbons (Fsp3) is 1.00. The van der Waals surface area contributed by atoms with Gasteiger partial charge in [0.25, 0.3) is 0 Å². The summed E-state index contributed by atoms with van der Waals surface area (Å²) in [5.74, 6) is 0. The molecule has 0 radical (unpaired) electrons. The largest absolute Gasteiger partial charge is 0.390 e. The van der Waals surface area contributed by atoms with E-state index < -0.39 is 5.60 Å². The molecule has 3 heteroatoms. The van der Waals surface area contributed by atoms with Crippen molar-refractivity contribution in [3.05, 3.63) is 0 Å². The van der Waals surface area contributed by atoms with E-state index in [0.717, 1.165) is 38.9 Å². The third-order valence-corrected chi connectivity index (χ3v) is 5.37. The number of ether oxygens (including phenoxy) is 2. The molecular weight excluding hydrogens is 312 g/mol. The number of hydrogen-bond acceptors (Lipinski definition) is 3. The van der Waals surface area contributed by atoms with Crippen molar-refractivity contribution in [2.75, 3.05) is 13.2 Å². The number of rotatable bonds is 16. The molecule has 1 aliphatic rings. The van der Waals surface area contributed by atoms with Gasteiger partial charge in [-0.25, -0.2) is 0 Å². The third-order valence-electron chi connectivity index (χ3n) is 5.37. The molecule has 2 unspecified atom stereocenters. The van der Waals surface area contributed by atoms with Gasteiger partial charge in [0.1, 0.15) is 0 Å². The maximum atomic E-state index is 10.4. The van der Waals surface area contributed by atoms with Gasteiger partial charge in [-0.3, -0.25) is 0 Å². The molecule has 1 fully saturated rings. The molecule has 2 atom stereocenters. The van der Waals surface area contributed by atoms with Crippen molar-refractivity contribution in [1.29, 1.82) is 0 Å². The van der Waals surface area contributed by atoms with Gasteiger partial charge in [-0.1, -0.05) is 71.1 Å². The number of aliphatic hydroxyl groups is 1.